The third-order valence-electron chi connectivity index (χ3n) is 1.91. The van der Waals surface area contributed by atoms with Crippen molar-refractivity contribution in [2.45, 2.75) is 13.5 Å². The zero-order chi connectivity index (χ0) is 11.1. The van der Waals surface area contributed by atoms with Gasteiger partial charge >= 0.3 is 0 Å². The Kier molecular flexibility index (Phi) is 4.65. The van der Waals surface area contributed by atoms with Crippen LogP contribution in [-0.2, 0) is 6.54 Å². The monoisotopic (exact) mass is 207 g/mol. The van der Waals surface area contributed by atoms with Crippen LogP contribution in [0.4, 0.5) is 4.39 Å². The summed E-state index contributed by atoms with van der Waals surface area (Å²) in [6.07, 6.45) is 5.06. The van der Waals surface area contributed by atoms with Crippen LogP contribution in [0, 0.1) is 18.2 Å². The molecule has 0 saturated heterocycles. The summed E-state index contributed by atoms with van der Waals surface area (Å²) in [6.45, 7) is 3.47. The van der Waals surface area contributed by atoms with E-state index in [4.69, 9.17) is 11.2 Å². The minimum absolute atomic E-state index is 0.0834. The molecule has 1 rings (SSSR count). The Morgan fingerprint density at radius 1 is 1.53 bits per heavy atom. The van der Waals surface area contributed by atoms with Crippen molar-refractivity contribution < 1.29 is 9.13 Å². The zero-order valence-electron chi connectivity index (χ0n) is 8.72. The van der Waals surface area contributed by atoms with Gasteiger partial charge in [-0.3, -0.25) is 0 Å². The van der Waals surface area contributed by atoms with E-state index in [1.54, 1.807) is 6.07 Å². The summed E-state index contributed by atoms with van der Waals surface area (Å²) in [5.41, 5.74) is 0.784. The van der Waals surface area contributed by atoms with Gasteiger partial charge in [-0.1, -0.05) is 25.0 Å². The smallest absolute Gasteiger partial charge is 0.165 e. The summed E-state index contributed by atoms with van der Waals surface area (Å²) in [5, 5.41) is 3.11. The van der Waals surface area contributed by atoms with Crippen molar-refractivity contribution in [3.05, 3.63) is 29.6 Å². The largest absolute Gasteiger partial charge is 0.478 e. The Bertz CT molecular complexity index is 357. The van der Waals surface area contributed by atoms with Crippen molar-refractivity contribution in [1.29, 1.82) is 0 Å². The molecule has 0 atom stereocenters. The van der Waals surface area contributed by atoms with E-state index in [1.807, 2.05) is 13.0 Å². The molecule has 0 unspecified atom stereocenters. The second-order valence-corrected chi connectivity index (χ2v) is 3.00. The molecular formula is C12H14FNO. The Morgan fingerprint density at radius 2 is 2.33 bits per heavy atom. The summed E-state index contributed by atoms with van der Waals surface area (Å²) in [5.74, 6) is 2.19. The fourth-order valence-electron chi connectivity index (χ4n) is 1.23. The van der Waals surface area contributed by atoms with Gasteiger partial charge < -0.3 is 10.1 Å². The Labute approximate surface area is 89.4 Å². The number of rotatable bonds is 5. The molecule has 2 nitrogen and oxygen atoms in total. The van der Waals surface area contributed by atoms with Crippen LogP contribution in [0.5, 0.6) is 5.75 Å². The zero-order valence-corrected chi connectivity index (χ0v) is 8.72. The Balaban J connectivity index is 2.83. The average Bonchev–Trinajstić information content (AvgIpc) is 2.25. The fraction of sp³-hybridized carbons (Fsp3) is 0.333. The number of hydrogen-bond donors (Lipinski definition) is 1. The number of ether oxygens (including phenoxy) is 1. The van der Waals surface area contributed by atoms with Crippen LogP contribution < -0.4 is 10.1 Å². The standard InChI is InChI=1S/C12H14FNO/c1-3-8-15-12-10(9-14-4-2)6-5-7-11(12)13/h1,5-7,14H,4,8-9H2,2H3. The second kappa shape index (κ2) is 6.05. The molecule has 0 heterocycles. The third kappa shape index (κ3) is 3.26. The van der Waals surface area contributed by atoms with Gasteiger partial charge in [-0.05, 0) is 12.6 Å². The van der Waals surface area contributed by atoms with Gasteiger partial charge in [0.2, 0.25) is 0 Å². The summed E-state index contributed by atoms with van der Waals surface area (Å²) in [4.78, 5) is 0. The molecule has 0 fully saturated rings. The van der Waals surface area contributed by atoms with Crippen LogP contribution in [0.3, 0.4) is 0 Å². The fourth-order valence-corrected chi connectivity index (χ4v) is 1.23. The lowest BCUT2D eigenvalue weighted by molar-refractivity contribution is 0.343. The van der Waals surface area contributed by atoms with E-state index in [9.17, 15) is 4.39 Å². The number of benzene rings is 1. The number of halogens is 1. The molecule has 3 heteroatoms. The molecule has 80 valence electrons. The van der Waals surface area contributed by atoms with Crippen LogP contribution in [0.2, 0.25) is 0 Å². The highest BCUT2D eigenvalue weighted by atomic mass is 19.1. The minimum atomic E-state index is -0.374. The number of para-hydroxylation sites is 1. The van der Waals surface area contributed by atoms with Crippen molar-refractivity contribution in [3.8, 4) is 18.1 Å². The molecule has 0 radical (unpaired) electrons. The molecule has 0 aliphatic heterocycles. The van der Waals surface area contributed by atoms with Crippen molar-refractivity contribution in [2.75, 3.05) is 13.2 Å². The van der Waals surface area contributed by atoms with Gasteiger partial charge in [0.1, 0.15) is 6.61 Å². The lowest BCUT2D eigenvalue weighted by atomic mass is 10.2. The average molecular weight is 207 g/mol. The van der Waals surface area contributed by atoms with Gasteiger partial charge in [0.15, 0.2) is 11.6 Å². The molecule has 1 aromatic carbocycles. The number of terminal acetylenes is 1. The first kappa shape index (κ1) is 11.5. The van der Waals surface area contributed by atoms with E-state index in [0.29, 0.717) is 6.54 Å². The first-order valence-corrected chi connectivity index (χ1v) is 4.84. The van der Waals surface area contributed by atoms with Crippen molar-refractivity contribution >= 4 is 0 Å². The van der Waals surface area contributed by atoms with Gasteiger partial charge in [0.25, 0.3) is 0 Å². The molecule has 15 heavy (non-hydrogen) atoms. The quantitative estimate of drug-likeness (QED) is 0.745. The molecule has 0 aliphatic carbocycles. The lowest BCUT2D eigenvalue weighted by Gasteiger charge is -2.10. The maximum absolute atomic E-state index is 13.4. The predicted molar refractivity (Wildman–Crippen MR) is 58.1 cm³/mol. The summed E-state index contributed by atoms with van der Waals surface area (Å²) >= 11 is 0. The van der Waals surface area contributed by atoms with E-state index in [-0.39, 0.29) is 18.2 Å². The van der Waals surface area contributed by atoms with Gasteiger partial charge in [-0.2, -0.15) is 0 Å². The molecular weight excluding hydrogens is 193 g/mol. The molecule has 0 aromatic heterocycles. The maximum Gasteiger partial charge on any atom is 0.165 e. The highest BCUT2D eigenvalue weighted by Gasteiger charge is 2.08. The molecule has 1 aromatic rings. The van der Waals surface area contributed by atoms with Crippen LogP contribution in [0.1, 0.15) is 12.5 Å². The highest BCUT2D eigenvalue weighted by Crippen LogP contribution is 2.22. The SMILES string of the molecule is C#CCOc1c(F)cccc1CNCC. The Hall–Kier alpha value is -1.53. The first-order valence-electron chi connectivity index (χ1n) is 4.84. The molecule has 0 amide bonds. The van der Waals surface area contributed by atoms with Gasteiger partial charge in [-0.25, -0.2) is 4.39 Å². The second-order valence-electron chi connectivity index (χ2n) is 3.00. The van der Waals surface area contributed by atoms with Crippen molar-refractivity contribution in [1.82, 2.24) is 5.32 Å². The first-order chi connectivity index (χ1) is 7.29. The molecule has 0 aliphatic rings. The molecule has 0 saturated carbocycles. The number of nitrogens with one attached hydrogen (secondary N) is 1. The predicted octanol–water partition coefficient (Wildman–Crippen LogP) is 1.95. The van der Waals surface area contributed by atoms with Crippen LogP contribution in [0.25, 0.3) is 0 Å². The lowest BCUT2D eigenvalue weighted by Crippen LogP contribution is -2.13. The third-order valence-corrected chi connectivity index (χ3v) is 1.91. The van der Waals surface area contributed by atoms with Crippen molar-refractivity contribution in [2.24, 2.45) is 0 Å². The van der Waals surface area contributed by atoms with E-state index in [1.165, 1.54) is 6.07 Å². The van der Waals surface area contributed by atoms with Gasteiger partial charge in [0.05, 0.1) is 0 Å². The molecule has 0 bridgehead atoms. The van der Waals surface area contributed by atoms with Gasteiger partial charge in [-0.15, -0.1) is 6.42 Å². The van der Waals surface area contributed by atoms with Gasteiger partial charge in [0, 0.05) is 12.1 Å². The van der Waals surface area contributed by atoms with Crippen LogP contribution >= 0.6 is 0 Å². The highest BCUT2D eigenvalue weighted by molar-refractivity contribution is 5.35. The topological polar surface area (TPSA) is 21.3 Å². The van der Waals surface area contributed by atoms with Crippen LogP contribution in [0.15, 0.2) is 18.2 Å². The van der Waals surface area contributed by atoms with Crippen molar-refractivity contribution in [3.63, 3.8) is 0 Å². The van der Waals surface area contributed by atoms with E-state index in [2.05, 4.69) is 11.2 Å². The summed E-state index contributed by atoms with van der Waals surface area (Å²) < 4.78 is 18.5. The summed E-state index contributed by atoms with van der Waals surface area (Å²) in [7, 11) is 0. The number of hydrogen-bond acceptors (Lipinski definition) is 2. The van der Waals surface area contributed by atoms with E-state index in [0.717, 1.165) is 12.1 Å². The Morgan fingerprint density at radius 3 is 3.00 bits per heavy atom. The molecule has 0 spiro atoms. The summed E-state index contributed by atoms with van der Waals surface area (Å²) in [6, 6.07) is 4.84. The van der Waals surface area contributed by atoms with Crippen LogP contribution in [-0.4, -0.2) is 13.2 Å². The van der Waals surface area contributed by atoms with E-state index < -0.39 is 0 Å². The maximum atomic E-state index is 13.4. The normalized spacial score (nSPS) is 9.67. The molecule has 1 N–H and O–H groups in total. The van der Waals surface area contributed by atoms with E-state index >= 15 is 0 Å². The minimum Gasteiger partial charge on any atom is -0.478 e.